The first-order valence-electron chi connectivity index (χ1n) is 8.49. The van der Waals surface area contributed by atoms with Gasteiger partial charge in [-0.15, -0.1) is 21.5 Å². The molecule has 1 amide bonds. The third kappa shape index (κ3) is 4.31. The first-order chi connectivity index (χ1) is 12.7. The topological polar surface area (TPSA) is 72.7 Å². The average Bonchev–Trinajstić information content (AvgIpc) is 3.19. The Morgan fingerprint density at radius 2 is 2.15 bits per heavy atom. The highest BCUT2D eigenvalue weighted by atomic mass is 32.2. The van der Waals surface area contributed by atoms with Crippen LogP contribution in [0.2, 0.25) is 0 Å². The first kappa shape index (κ1) is 17.2. The quantitative estimate of drug-likeness (QED) is 0.626. The Labute approximate surface area is 160 Å². The van der Waals surface area contributed by atoms with Gasteiger partial charge in [0.2, 0.25) is 5.91 Å². The Hall–Kier alpha value is -2.19. The molecule has 1 N–H and O–H groups in total. The van der Waals surface area contributed by atoms with Crippen LogP contribution < -0.4 is 5.32 Å². The van der Waals surface area contributed by atoms with Gasteiger partial charge in [0, 0.05) is 22.9 Å². The highest BCUT2D eigenvalue weighted by Crippen LogP contribution is 2.37. The molecule has 4 rings (SSSR count). The summed E-state index contributed by atoms with van der Waals surface area (Å²) in [5.41, 5.74) is 2.96. The third-order valence-corrected chi connectivity index (χ3v) is 5.96. The summed E-state index contributed by atoms with van der Waals surface area (Å²) in [5, 5.41) is 14.9. The van der Waals surface area contributed by atoms with Crippen molar-refractivity contribution in [3.63, 3.8) is 0 Å². The van der Waals surface area contributed by atoms with E-state index in [0.29, 0.717) is 12.5 Å². The number of aromatic nitrogens is 4. The Kier molecular flexibility index (Phi) is 5.03. The lowest BCUT2D eigenvalue weighted by molar-refractivity contribution is -0.115. The van der Waals surface area contributed by atoms with Gasteiger partial charge in [-0.25, -0.2) is 4.98 Å². The molecule has 1 fully saturated rings. The van der Waals surface area contributed by atoms with Gasteiger partial charge >= 0.3 is 0 Å². The van der Waals surface area contributed by atoms with Crippen LogP contribution in [0.25, 0.3) is 0 Å². The maximum atomic E-state index is 12.2. The Morgan fingerprint density at radius 3 is 2.92 bits per heavy atom. The van der Waals surface area contributed by atoms with E-state index in [4.69, 9.17) is 0 Å². The molecule has 0 unspecified atom stereocenters. The molecule has 1 aromatic carbocycles. The van der Waals surface area contributed by atoms with Crippen LogP contribution in [-0.2, 0) is 17.0 Å². The summed E-state index contributed by atoms with van der Waals surface area (Å²) in [7, 11) is 0. The summed E-state index contributed by atoms with van der Waals surface area (Å²) < 4.78 is 2.15. The van der Waals surface area contributed by atoms with Gasteiger partial charge in [-0.2, -0.15) is 0 Å². The summed E-state index contributed by atoms with van der Waals surface area (Å²) >= 11 is 3.17. The molecule has 1 aliphatic rings. The van der Waals surface area contributed by atoms with Crippen LogP contribution >= 0.6 is 23.1 Å². The van der Waals surface area contributed by atoms with Crippen molar-refractivity contribution in [2.75, 3.05) is 5.32 Å². The SMILES string of the molecule is Cc1ccc(NC(=O)Cc2nc(CSc3nncn3C3CC3)cs2)cc1. The molecule has 3 aromatic rings. The molecule has 2 aromatic heterocycles. The fourth-order valence-corrected chi connectivity index (χ4v) is 4.33. The zero-order valence-corrected chi connectivity index (χ0v) is 16.0. The van der Waals surface area contributed by atoms with Gasteiger partial charge < -0.3 is 9.88 Å². The van der Waals surface area contributed by atoms with Crippen molar-refractivity contribution >= 4 is 34.7 Å². The number of hydrogen-bond donors (Lipinski definition) is 1. The molecule has 0 atom stereocenters. The minimum absolute atomic E-state index is 0.0455. The lowest BCUT2D eigenvalue weighted by Crippen LogP contribution is -2.14. The minimum Gasteiger partial charge on any atom is -0.326 e. The molecular formula is C18H19N5OS2. The van der Waals surface area contributed by atoms with Crippen molar-refractivity contribution < 1.29 is 4.79 Å². The van der Waals surface area contributed by atoms with Crippen molar-refractivity contribution in [1.29, 1.82) is 0 Å². The van der Waals surface area contributed by atoms with Gasteiger partial charge in [-0.1, -0.05) is 29.5 Å². The zero-order valence-electron chi connectivity index (χ0n) is 14.4. The minimum atomic E-state index is -0.0455. The predicted molar refractivity (Wildman–Crippen MR) is 103 cm³/mol. The molecule has 0 spiro atoms. The van der Waals surface area contributed by atoms with Crippen molar-refractivity contribution in [2.45, 2.75) is 43.1 Å². The number of carbonyl (C=O) groups excluding carboxylic acids is 1. The number of hydrogen-bond acceptors (Lipinski definition) is 6. The number of nitrogens with zero attached hydrogens (tertiary/aromatic N) is 4. The first-order valence-corrected chi connectivity index (χ1v) is 10.4. The van der Waals surface area contributed by atoms with Crippen LogP contribution in [0.3, 0.4) is 0 Å². The summed E-state index contributed by atoms with van der Waals surface area (Å²) in [5.74, 6) is 0.692. The summed E-state index contributed by atoms with van der Waals surface area (Å²) in [4.78, 5) is 16.8. The number of benzene rings is 1. The Morgan fingerprint density at radius 1 is 1.35 bits per heavy atom. The van der Waals surface area contributed by atoms with E-state index >= 15 is 0 Å². The van der Waals surface area contributed by atoms with E-state index in [2.05, 4.69) is 25.1 Å². The maximum Gasteiger partial charge on any atom is 0.231 e. The predicted octanol–water partition coefficient (Wildman–Crippen LogP) is 3.85. The van der Waals surface area contributed by atoms with E-state index in [0.717, 1.165) is 27.3 Å². The Bertz CT molecular complexity index is 898. The average molecular weight is 386 g/mol. The van der Waals surface area contributed by atoms with Crippen LogP contribution in [0.15, 0.2) is 41.1 Å². The van der Waals surface area contributed by atoms with Crippen molar-refractivity contribution in [3.8, 4) is 0 Å². The molecule has 8 heteroatoms. The Balaban J connectivity index is 1.30. The molecule has 0 saturated heterocycles. The normalized spacial score (nSPS) is 13.7. The van der Waals surface area contributed by atoms with E-state index < -0.39 is 0 Å². The van der Waals surface area contributed by atoms with Crippen LogP contribution in [-0.4, -0.2) is 25.7 Å². The van der Waals surface area contributed by atoms with Gasteiger partial charge in [0.1, 0.15) is 11.3 Å². The molecule has 0 aliphatic heterocycles. The monoisotopic (exact) mass is 385 g/mol. The van der Waals surface area contributed by atoms with E-state index in [9.17, 15) is 4.79 Å². The van der Waals surface area contributed by atoms with Gasteiger partial charge in [0.15, 0.2) is 5.16 Å². The molecule has 2 heterocycles. The number of thiazole rings is 1. The van der Waals surface area contributed by atoms with E-state index in [1.165, 1.54) is 29.7 Å². The number of carbonyl (C=O) groups is 1. The number of nitrogens with one attached hydrogen (secondary N) is 1. The molecular weight excluding hydrogens is 366 g/mol. The van der Waals surface area contributed by atoms with E-state index in [1.807, 2.05) is 42.9 Å². The smallest absolute Gasteiger partial charge is 0.231 e. The van der Waals surface area contributed by atoms with Crippen molar-refractivity contribution in [1.82, 2.24) is 19.7 Å². The van der Waals surface area contributed by atoms with Gasteiger partial charge in [0.05, 0.1) is 12.1 Å². The molecule has 0 radical (unpaired) electrons. The molecule has 1 aliphatic carbocycles. The second-order valence-corrected chi connectivity index (χ2v) is 8.25. The fraction of sp³-hybridized carbons (Fsp3) is 0.333. The molecule has 134 valence electrons. The van der Waals surface area contributed by atoms with Crippen LogP contribution in [0, 0.1) is 6.92 Å². The van der Waals surface area contributed by atoms with Crippen LogP contribution in [0.1, 0.15) is 35.1 Å². The van der Waals surface area contributed by atoms with E-state index in [1.54, 1.807) is 11.8 Å². The second kappa shape index (κ2) is 7.59. The maximum absolute atomic E-state index is 12.2. The fourth-order valence-electron chi connectivity index (χ4n) is 2.55. The second-order valence-electron chi connectivity index (χ2n) is 6.36. The molecule has 6 nitrogen and oxygen atoms in total. The van der Waals surface area contributed by atoms with Gasteiger partial charge in [-0.3, -0.25) is 4.79 Å². The van der Waals surface area contributed by atoms with Gasteiger partial charge in [0.25, 0.3) is 0 Å². The van der Waals surface area contributed by atoms with Crippen LogP contribution in [0.5, 0.6) is 0 Å². The number of amides is 1. The number of anilines is 1. The standard InChI is InChI=1S/C18H19N5OS2/c1-12-2-4-13(5-3-12)20-16(24)8-17-21-14(9-25-17)10-26-18-22-19-11-23(18)15-6-7-15/h2-5,9,11,15H,6-8,10H2,1H3,(H,20,24). The van der Waals surface area contributed by atoms with Crippen LogP contribution in [0.4, 0.5) is 5.69 Å². The number of rotatable bonds is 7. The van der Waals surface area contributed by atoms with E-state index in [-0.39, 0.29) is 5.91 Å². The summed E-state index contributed by atoms with van der Waals surface area (Å²) in [6.07, 6.45) is 4.52. The lowest BCUT2D eigenvalue weighted by Gasteiger charge is -2.04. The lowest BCUT2D eigenvalue weighted by atomic mass is 10.2. The molecule has 0 bridgehead atoms. The van der Waals surface area contributed by atoms with Gasteiger partial charge in [-0.05, 0) is 31.9 Å². The van der Waals surface area contributed by atoms with Crippen molar-refractivity contribution in [2.24, 2.45) is 0 Å². The highest BCUT2D eigenvalue weighted by molar-refractivity contribution is 7.98. The number of thioether (sulfide) groups is 1. The largest absolute Gasteiger partial charge is 0.326 e. The number of aryl methyl sites for hydroxylation is 1. The highest BCUT2D eigenvalue weighted by Gasteiger charge is 2.26. The summed E-state index contributed by atoms with van der Waals surface area (Å²) in [6.45, 7) is 2.02. The molecule has 1 saturated carbocycles. The van der Waals surface area contributed by atoms with Crippen molar-refractivity contribution in [3.05, 3.63) is 52.2 Å². The zero-order chi connectivity index (χ0) is 17.9. The molecule has 26 heavy (non-hydrogen) atoms. The summed E-state index contributed by atoms with van der Waals surface area (Å²) in [6, 6.07) is 8.35. The third-order valence-electron chi connectivity index (χ3n) is 4.08.